The molecule has 18 rings (SSSR count). The molecule has 12 heterocycles. The van der Waals surface area contributed by atoms with Crippen molar-refractivity contribution in [3.05, 3.63) is 324 Å². The van der Waals surface area contributed by atoms with Crippen LogP contribution < -0.4 is 10.2 Å². The summed E-state index contributed by atoms with van der Waals surface area (Å²) in [6.07, 6.45) is 41.8. The predicted molar refractivity (Wildman–Crippen MR) is 314 cm³/mol. The Kier molecular flexibility index (Phi) is 12.8. The first-order chi connectivity index (χ1) is 42.5. The van der Waals surface area contributed by atoms with Crippen LogP contribution in [-0.4, -0.2) is 94.5 Å². The van der Waals surface area contributed by atoms with E-state index >= 15 is 0 Å². The molecule has 12 aromatic rings. The van der Waals surface area contributed by atoms with Crippen LogP contribution in [0.3, 0.4) is 0 Å². The molecule has 10 aromatic heterocycles. The monoisotopic (exact) mass is 1500 g/mol. The van der Waals surface area contributed by atoms with Crippen LogP contribution in [0, 0.1) is 12.1 Å². The molecule has 0 amide bonds. The fourth-order valence-electron chi connectivity index (χ4n) is 14.6. The van der Waals surface area contributed by atoms with Crippen LogP contribution in [0.15, 0.2) is 233 Å². The minimum atomic E-state index is -0.822. The Hall–Kier alpha value is -10.3. The summed E-state index contributed by atoms with van der Waals surface area (Å²) >= 11 is 0. The van der Waals surface area contributed by atoms with Crippen molar-refractivity contribution >= 4 is 12.0 Å². The van der Waals surface area contributed by atoms with Crippen LogP contribution in [0.2, 0.25) is 0 Å². The van der Waals surface area contributed by atoms with E-state index in [0.717, 1.165) is 123 Å². The second-order valence-electron chi connectivity index (χ2n) is 21.8. The number of aromatic nitrogens is 12. The zero-order chi connectivity index (χ0) is 57.2. The maximum absolute atomic E-state index is 4.66. The zero-order valence-corrected chi connectivity index (χ0v) is 51.3. The number of pyridine rings is 8. The molecular weight excluding hydrogens is 1460 g/mol. The van der Waals surface area contributed by atoms with Crippen LogP contribution in [0.25, 0.3) is 44.5 Å². The van der Waals surface area contributed by atoms with Crippen LogP contribution in [0.4, 0.5) is 0 Å². The Morgan fingerprint density at radius 2 is 0.614 bits per heavy atom. The Balaban J connectivity index is 0.000000144. The van der Waals surface area contributed by atoms with Crippen molar-refractivity contribution in [3.63, 3.8) is 0 Å². The average Bonchev–Trinajstić information content (AvgIpc) is 1.55. The van der Waals surface area contributed by atoms with E-state index in [1.54, 1.807) is 12.4 Å². The molecule has 420 valence electrons. The van der Waals surface area contributed by atoms with Gasteiger partial charge in [0.05, 0.1) is 33.1 Å². The van der Waals surface area contributed by atoms with E-state index in [4.69, 9.17) is 0 Å². The molecule has 0 spiro atoms. The fraction of sp³-hybridized carbons (Fsp3) is 0.0857. The summed E-state index contributed by atoms with van der Waals surface area (Å²) in [6.45, 7) is 0. The van der Waals surface area contributed by atoms with Crippen molar-refractivity contribution in [2.24, 2.45) is 0 Å². The summed E-state index contributed by atoms with van der Waals surface area (Å²) in [5.74, 6) is 0. The quantitative estimate of drug-likeness (QED) is 0.105. The molecule has 16 nitrogen and oxygen atoms in total. The van der Waals surface area contributed by atoms with Crippen LogP contribution >= 0.6 is 0 Å². The minimum absolute atomic E-state index is 0. The SMILES string of the molecule is C[N+]1=C=[N+](C2(c3[c-]c(C4(c5cc[n-]n5)c5cnccc5-c5ccncc54)ccc3)c3cnccc3-c3ccncc32)C=C1.C[N+]1=C=[N+](C2(c3[c-]c(C4(c5cc[n-]n5)c5cnccc5-c5ccncc54)ccc3)c3cnccc3-c3ccncc32)C=C1.[Pt+2].[Pt+2]. The number of rotatable bonds is 8. The van der Waals surface area contributed by atoms with Gasteiger partial charge in [0.2, 0.25) is 35.9 Å². The number of nitrogens with zero attached hydrogens (tertiary/aromatic N) is 16. The molecule has 88 heavy (non-hydrogen) atoms. The summed E-state index contributed by atoms with van der Waals surface area (Å²) in [5.41, 5.74) is 19.1. The van der Waals surface area contributed by atoms with Gasteiger partial charge in [0.1, 0.15) is 0 Å². The van der Waals surface area contributed by atoms with Crippen molar-refractivity contribution in [1.82, 2.24) is 60.3 Å². The van der Waals surface area contributed by atoms with E-state index < -0.39 is 21.9 Å². The predicted octanol–water partition coefficient (Wildman–Crippen LogP) is 8.73. The molecule has 0 atom stereocenters. The second kappa shape index (κ2) is 20.7. The number of hydrogen-bond donors (Lipinski definition) is 0. The third kappa shape index (κ3) is 7.23. The Morgan fingerprint density at radius 1 is 0.341 bits per heavy atom. The first-order valence-corrected chi connectivity index (χ1v) is 27.9. The third-order valence-electron chi connectivity index (χ3n) is 17.9. The largest absolute Gasteiger partial charge is 2.00 e. The summed E-state index contributed by atoms with van der Waals surface area (Å²) in [6, 6.07) is 48.1. The third-order valence-corrected chi connectivity index (χ3v) is 17.9. The number of fused-ring (bicyclic) bond motifs is 12. The molecule has 2 aliphatic heterocycles. The van der Waals surface area contributed by atoms with Gasteiger partial charge in [-0.3, -0.25) is 39.9 Å². The van der Waals surface area contributed by atoms with E-state index in [1.807, 2.05) is 159 Å². The average molecular weight is 1500 g/mol. The van der Waals surface area contributed by atoms with E-state index in [0.29, 0.717) is 0 Å². The van der Waals surface area contributed by atoms with Crippen LogP contribution in [-0.2, 0) is 64.0 Å². The van der Waals surface area contributed by atoms with E-state index in [1.165, 1.54) is 0 Å². The molecule has 6 aliphatic rings. The smallest absolute Gasteiger partial charge is 0.581 e. The molecular formula is C70H44N16Pt2+4. The first-order valence-electron chi connectivity index (χ1n) is 27.9. The van der Waals surface area contributed by atoms with Gasteiger partial charge in [-0.2, -0.15) is 60.9 Å². The molecule has 18 heteroatoms. The topological polar surface area (TPSA) is 169 Å². The van der Waals surface area contributed by atoms with Gasteiger partial charge in [-0.05, 0) is 115 Å². The van der Waals surface area contributed by atoms with Gasteiger partial charge in [-0.25, -0.2) is 0 Å². The Morgan fingerprint density at radius 3 is 0.875 bits per heavy atom. The van der Waals surface area contributed by atoms with Crippen molar-refractivity contribution in [1.29, 1.82) is 0 Å². The van der Waals surface area contributed by atoms with Gasteiger partial charge in [-0.1, -0.05) is 41.6 Å². The van der Waals surface area contributed by atoms with Gasteiger partial charge in [-0.15, -0.1) is 11.1 Å². The molecule has 4 aliphatic carbocycles. The minimum Gasteiger partial charge on any atom is -0.581 e. The zero-order valence-electron chi connectivity index (χ0n) is 46.7. The Bertz CT molecular complexity index is 4560. The van der Waals surface area contributed by atoms with E-state index in [9.17, 15) is 0 Å². The summed E-state index contributed by atoms with van der Waals surface area (Å²) < 4.78 is 8.09. The van der Waals surface area contributed by atoms with Gasteiger partial charge < -0.3 is 20.4 Å². The van der Waals surface area contributed by atoms with Crippen LogP contribution in [0.1, 0.15) is 78.1 Å². The summed E-state index contributed by atoms with van der Waals surface area (Å²) in [7, 11) is 3.95. The molecule has 0 bridgehead atoms. The van der Waals surface area contributed by atoms with Gasteiger partial charge >= 0.3 is 54.1 Å². The first kappa shape index (κ1) is 54.3. The fourth-order valence-corrected chi connectivity index (χ4v) is 14.6. The van der Waals surface area contributed by atoms with Crippen molar-refractivity contribution < 1.29 is 60.4 Å². The number of benzene rings is 2. The van der Waals surface area contributed by atoms with Crippen LogP contribution in [0.5, 0.6) is 0 Å². The van der Waals surface area contributed by atoms with Gasteiger partial charge in [0, 0.05) is 111 Å². The maximum Gasteiger partial charge on any atom is 2.00 e. The molecule has 0 unspecified atom stereocenters. The van der Waals surface area contributed by atoms with Crippen molar-refractivity contribution in [2.45, 2.75) is 21.9 Å². The molecule has 2 aromatic carbocycles. The second-order valence-corrected chi connectivity index (χ2v) is 21.8. The molecule has 0 saturated heterocycles. The summed E-state index contributed by atoms with van der Waals surface area (Å²) in [4.78, 5) is 36.7. The Labute approximate surface area is 533 Å². The maximum atomic E-state index is 4.66. The molecule has 0 saturated carbocycles. The molecule has 0 radical (unpaired) electrons. The van der Waals surface area contributed by atoms with Crippen molar-refractivity contribution in [3.8, 4) is 44.5 Å². The normalized spacial score (nSPS) is 15.8. The van der Waals surface area contributed by atoms with Gasteiger partial charge in [0.25, 0.3) is 0 Å². The van der Waals surface area contributed by atoms with Crippen molar-refractivity contribution in [2.75, 3.05) is 14.1 Å². The summed E-state index contributed by atoms with van der Waals surface area (Å²) in [5, 5.41) is 17.9. The van der Waals surface area contributed by atoms with E-state index in [-0.39, 0.29) is 42.1 Å². The molecule has 0 fully saturated rings. The number of hydrogen-bond acceptors (Lipinski definition) is 10. The standard InChI is InChI=1S/2C35H22N8.2Pt/c2*1-42-15-16-43(22-42)35(31-20-38-12-7-27(31)28-8-13-39-21-32(28)35)24-4-2-3-23(17-24)34(33-9-14-40-41-33)29-18-36-10-5-25(29)26-6-11-37-19-30(26)34;;/h2*2-16,18-21H,1H3;;/q;;2*+2. The van der Waals surface area contributed by atoms with E-state index in [2.05, 4.69) is 178 Å². The van der Waals surface area contributed by atoms with Gasteiger partial charge in [0.15, 0.2) is 14.1 Å². The molecule has 0 N–H and O–H groups in total.